The summed E-state index contributed by atoms with van der Waals surface area (Å²) >= 11 is 0. The van der Waals surface area contributed by atoms with Crippen LogP contribution >= 0.6 is 0 Å². The van der Waals surface area contributed by atoms with E-state index in [1.54, 1.807) is 0 Å². The normalized spacial score (nSPS) is 19.1. The first kappa shape index (κ1) is 21.6. The molecule has 2 nitrogen and oxygen atoms in total. The lowest BCUT2D eigenvalue weighted by atomic mass is 9.61. The van der Waals surface area contributed by atoms with Crippen molar-refractivity contribution < 1.29 is 4.57 Å². The van der Waals surface area contributed by atoms with Crippen molar-refractivity contribution in [1.29, 1.82) is 0 Å². The third-order valence-corrected chi connectivity index (χ3v) is 8.70. The van der Waals surface area contributed by atoms with Crippen molar-refractivity contribution in [1.82, 2.24) is 4.57 Å². The van der Waals surface area contributed by atoms with Gasteiger partial charge in [0.05, 0.1) is 22.4 Å². The smallest absolute Gasteiger partial charge is 0.269 e. The Bertz CT molecular complexity index is 1470. The third-order valence-electron chi connectivity index (χ3n) is 8.70. The molecule has 0 atom stereocenters. The lowest BCUT2D eigenvalue weighted by Crippen LogP contribution is -2.43. The second kappa shape index (κ2) is 6.62. The van der Waals surface area contributed by atoms with Gasteiger partial charge in [-0.25, -0.2) is 0 Å². The number of hydrogen-bond donors (Lipinski definition) is 0. The van der Waals surface area contributed by atoms with Gasteiger partial charge in [0, 0.05) is 5.41 Å². The predicted octanol–water partition coefficient (Wildman–Crippen LogP) is 7.31. The van der Waals surface area contributed by atoms with Gasteiger partial charge in [0.25, 0.3) is 6.33 Å². The van der Waals surface area contributed by atoms with Gasteiger partial charge in [-0.15, -0.1) is 0 Å². The summed E-state index contributed by atoms with van der Waals surface area (Å²) in [6.07, 6.45) is 6.24. The van der Waals surface area contributed by atoms with Gasteiger partial charge in [-0.3, -0.25) is 9.13 Å². The Balaban J connectivity index is 1.72. The second-order valence-electron chi connectivity index (χ2n) is 12.6. The highest BCUT2D eigenvalue weighted by molar-refractivity contribution is 5.82. The van der Waals surface area contributed by atoms with E-state index in [1.165, 1.54) is 68.6 Å². The number of hydrogen-bond acceptors (Lipinski definition) is 0. The minimum atomic E-state index is -0.0793. The number of aromatic nitrogens is 2. The Morgan fingerprint density at radius 1 is 0.735 bits per heavy atom. The lowest BCUT2D eigenvalue weighted by molar-refractivity contribution is -0.575. The first-order valence-electron chi connectivity index (χ1n) is 12.7. The Hall–Kier alpha value is -2.87. The molecule has 0 saturated carbocycles. The Labute approximate surface area is 204 Å². The first-order valence-corrected chi connectivity index (χ1v) is 12.7. The summed E-state index contributed by atoms with van der Waals surface area (Å²) in [5.41, 5.74) is 13.7. The highest BCUT2D eigenvalue weighted by Gasteiger charge is 2.41. The van der Waals surface area contributed by atoms with Crippen LogP contribution in [0.4, 0.5) is 0 Å². The van der Waals surface area contributed by atoms with Crippen LogP contribution in [0.15, 0.2) is 48.5 Å². The Kier molecular flexibility index (Phi) is 4.22. The van der Waals surface area contributed by atoms with E-state index in [1.807, 2.05) is 0 Å². The van der Waals surface area contributed by atoms with Crippen LogP contribution < -0.4 is 4.57 Å². The molecule has 0 radical (unpaired) electrons. The van der Waals surface area contributed by atoms with Crippen LogP contribution in [0.5, 0.6) is 0 Å². The molecule has 2 heteroatoms. The number of imidazole rings is 1. The third kappa shape index (κ3) is 2.84. The topological polar surface area (TPSA) is 8.81 Å². The quantitative estimate of drug-likeness (QED) is 0.213. The molecule has 0 spiro atoms. The average Bonchev–Trinajstić information content (AvgIpc) is 3.15. The molecule has 0 unspecified atom stereocenters. The van der Waals surface area contributed by atoms with E-state index in [2.05, 4.69) is 119 Å². The zero-order valence-electron chi connectivity index (χ0n) is 21.9. The predicted molar refractivity (Wildman–Crippen MR) is 141 cm³/mol. The largest absolute Gasteiger partial charge is 0.292 e. The molecular formula is C32H36N2. The van der Waals surface area contributed by atoms with Crippen molar-refractivity contribution in [2.45, 2.75) is 84.5 Å². The van der Waals surface area contributed by atoms with Gasteiger partial charge in [0.2, 0.25) is 0 Å². The van der Waals surface area contributed by atoms with Crippen LogP contribution in [0.1, 0.15) is 87.8 Å². The summed E-state index contributed by atoms with van der Waals surface area (Å²) in [5.74, 6) is 0. The van der Waals surface area contributed by atoms with Gasteiger partial charge in [-0.2, -0.15) is 0 Å². The van der Waals surface area contributed by atoms with Crippen LogP contribution in [0.3, 0.4) is 0 Å². The number of nitrogens with zero attached hydrogens (tertiary/aromatic N) is 2. The fourth-order valence-electron chi connectivity index (χ4n) is 6.54. The van der Waals surface area contributed by atoms with E-state index in [9.17, 15) is 0 Å². The van der Waals surface area contributed by atoms with E-state index in [0.29, 0.717) is 0 Å². The Morgan fingerprint density at radius 2 is 1.35 bits per heavy atom. The zero-order chi connectivity index (χ0) is 24.2. The molecule has 1 aromatic heterocycles. The summed E-state index contributed by atoms with van der Waals surface area (Å²) in [5, 5.41) is 0. The molecule has 0 fully saturated rings. The molecule has 4 aromatic rings. The van der Waals surface area contributed by atoms with Crippen LogP contribution in [0.2, 0.25) is 0 Å². The van der Waals surface area contributed by atoms with Crippen LogP contribution in [-0.2, 0) is 16.2 Å². The van der Waals surface area contributed by atoms with E-state index < -0.39 is 0 Å². The van der Waals surface area contributed by atoms with Crippen molar-refractivity contribution in [2.75, 3.05) is 0 Å². The molecule has 0 N–H and O–H groups in total. The van der Waals surface area contributed by atoms with Crippen LogP contribution in [0, 0.1) is 20.2 Å². The monoisotopic (exact) mass is 448 g/mol. The summed E-state index contributed by atoms with van der Waals surface area (Å²) in [7, 11) is 0. The molecule has 174 valence electrons. The lowest BCUT2D eigenvalue weighted by Gasteiger charge is -2.44. The Morgan fingerprint density at radius 3 is 2.00 bits per heavy atom. The number of para-hydroxylation sites is 1. The number of rotatable bonds is 1. The number of benzene rings is 3. The maximum Gasteiger partial charge on any atom is 0.269 e. The van der Waals surface area contributed by atoms with Crippen LogP contribution in [0.25, 0.3) is 22.4 Å². The summed E-state index contributed by atoms with van der Waals surface area (Å²) < 4.78 is 4.61. The fraction of sp³-hybridized carbons (Fsp3) is 0.406. The second-order valence-corrected chi connectivity index (χ2v) is 12.6. The molecule has 2 heterocycles. The van der Waals surface area contributed by atoms with E-state index in [-0.39, 0.29) is 16.2 Å². The standard InChI is InChI=1S/C32H36N2/c1-20-14-21(2)16-22(15-20)33-19-34-28-18-25-24(30(3,4)12-13-31(25,5)6)17-26(28)32(7,8)23-10-9-11-27(33)29(23)34/h9-11,14-18H,12-13H2,1-8H3. The van der Waals surface area contributed by atoms with Gasteiger partial charge >= 0.3 is 0 Å². The SMILES string of the molecule is Cc1cc(C)cc(-n2[c-][n+]3c4c(cccc42)C(C)(C)c2cc4c(cc2-3)C(C)(C)CCC4(C)C)c1. The molecule has 3 aromatic carbocycles. The van der Waals surface area contributed by atoms with E-state index >= 15 is 0 Å². The molecule has 0 saturated heterocycles. The first-order chi connectivity index (χ1) is 15.9. The minimum Gasteiger partial charge on any atom is -0.292 e. The molecule has 1 aliphatic carbocycles. The summed E-state index contributed by atoms with van der Waals surface area (Å²) in [4.78, 5) is 0. The molecule has 2 aliphatic rings. The molecule has 34 heavy (non-hydrogen) atoms. The molecule has 0 amide bonds. The minimum absolute atomic E-state index is 0.0793. The van der Waals surface area contributed by atoms with Gasteiger partial charge in [0.15, 0.2) is 0 Å². The fourth-order valence-corrected chi connectivity index (χ4v) is 6.54. The number of aryl methyl sites for hydroxylation is 2. The van der Waals surface area contributed by atoms with Crippen molar-refractivity contribution in [3.63, 3.8) is 0 Å². The maximum absolute atomic E-state index is 3.78. The van der Waals surface area contributed by atoms with Crippen molar-refractivity contribution in [2.24, 2.45) is 0 Å². The molecule has 6 rings (SSSR count). The number of fused-ring (bicyclic) bond motifs is 3. The summed E-state index contributed by atoms with van der Waals surface area (Å²) in [6.45, 7) is 18.8. The molecule has 0 bridgehead atoms. The van der Waals surface area contributed by atoms with E-state index in [0.717, 1.165) is 0 Å². The van der Waals surface area contributed by atoms with Gasteiger partial charge in [-0.05, 0) is 78.0 Å². The van der Waals surface area contributed by atoms with Gasteiger partial charge in [0.1, 0.15) is 0 Å². The van der Waals surface area contributed by atoms with Crippen molar-refractivity contribution in [3.05, 3.63) is 88.2 Å². The van der Waals surface area contributed by atoms with Crippen molar-refractivity contribution >= 4 is 11.0 Å². The molecule has 1 aliphatic heterocycles. The van der Waals surface area contributed by atoms with Crippen LogP contribution in [-0.4, -0.2) is 4.57 Å². The van der Waals surface area contributed by atoms with Gasteiger partial charge in [-0.1, -0.05) is 83.0 Å². The summed E-state index contributed by atoms with van der Waals surface area (Å²) in [6, 6.07) is 18.6. The van der Waals surface area contributed by atoms with E-state index in [4.69, 9.17) is 0 Å². The maximum atomic E-state index is 3.78. The molecular weight excluding hydrogens is 412 g/mol. The highest BCUT2D eigenvalue weighted by Crippen LogP contribution is 2.50. The van der Waals surface area contributed by atoms with Crippen molar-refractivity contribution in [3.8, 4) is 11.4 Å². The average molecular weight is 449 g/mol. The highest BCUT2D eigenvalue weighted by atomic mass is 15.1. The van der Waals surface area contributed by atoms with Gasteiger partial charge < -0.3 is 0 Å². The zero-order valence-corrected chi connectivity index (χ0v) is 21.9.